The van der Waals surface area contributed by atoms with Gasteiger partial charge in [0, 0.05) is 44.1 Å². The summed E-state index contributed by atoms with van der Waals surface area (Å²) in [5, 5.41) is 6.18. The van der Waals surface area contributed by atoms with E-state index in [0.717, 1.165) is 44.4 Å². The summed E-state index contributed by atoms with van der Waals surface area (Å²) in [6, 6.07) is 4.32. The van der Waals surface area contributed by atoms with Gasteiger partial charge in [-0.2, -0.15) is 0 Å². The van der Waals surface area contributed by atoms with Crippen molar-refractivity contribution in [3.05, 3.63) is 35.0 Å². The molecule has 98 valence electrons. The van der Waals surface area contributed by atoms with E-state index in [1.807, 2.05) is 17.4 Å². The predicted octanol–water partition coefficient (Wildman–Crippen LogP) is 1.93. The van der Waals surface area contributed by atoms with Gasteiger partial charge in [0.15, 0.2) is 5.11 Å². The van der Waals surface area contributed by atoms with Crippen LogP contribution in [-0.4, -0.2) is 47.6 Å². The first-order valence-electron chi connectivity index (χ1n) is 6.18. The van der Waals surface area contributed by atoms with Crippen molar-refractivity contribution in [1.82, 2.24) is 15.1 Å². The fourth-order valence-electron chi connectivity index (χ4n) is 2.00. The molecule has 1 aromatic heterocycles. The number of thiocarbonyl (C=S) groups is 1. The third-order valence-electron chi connectivity index (χ3n) is 3.02. The number of rotatable bonds is 4. The fourth-order valence-corrected chi connectivity index (χ4v) is 3.02. The first-order chi connectivity index (χ1) is 8.79. The summed E-state index contributed by atoms with van der Waals surface area (Å²) in [5.74, 6) is 0. The minimum absolute atomic E-state index is 0.744. The molecule has 0 amide bonds. The summed E-state index contributed by atoms with van der Waals surface area (Å²) in [6.45, 7) is 9.67. The Morgan fingerprint density at radius 2 is 2.22 bits per heavy atom. The lowest BCUT2D eigenvalue weighted by Gasteiger charge is -2.35. The van der Waals surface area contributed by atoms with Crippen molar-refractivity contribution in [2.24, 2.45) is 0 Å². The smallest absolute Gasteiger partial charge is 0.169 e. The monoisotopic (exact) mass is 281 g/mol. The first-order valence-corrected chi connectivity index (χ1v) is 7.47. The molecule has 2 rings (SSSR count). The van der Waals surface area contributed by atoms with E-state index in [1.165, 1.54) is 4.88 Å². The second-order valence-corrected chi connectivity index (χ2v) is 5.74. The molecule has 2 heterocycles. The maximum atomic E-state index is 5.34. The number of nitrogens with zero attached hydrogens (tertiary/aromatic N) is 2. The van der Waals surface area contributed by atoms with Gasteiger partial charge in [-0.05, 0) is 23.7 Å². The number of hydrogen-bond donors (Lipinski definition) is 1. The van der Waals surface area contributed by atoms with E-state index in [9.17, 15) is 0 Å². The van der Waals surface area contributed by atoms with Gasteiger partial charge in [-0.3, -0.25) is 4.90 Å². The van der Waals surface area contributed by atoms with E-state index >= 15 is 0 Å². The second-order valence-electron chi connectivity index (χ2n) is 4.32. The topological polar surface area (TPSA) is 18.5 Å². The van der Waals surface area contributed by atoms with Crippen LogP contribution in [0.4, 0.5) is 0 Å². The van der Waals surface area contributed by atoms with Crippen LogP contribution in [-0.2, 0) is 6.54 Å². The van der Waals surface area contributed by atoms with Crippen LogP contribution in [0.25, 0.3) is 0 Å². The van der Waals surface area contributed by atoms with Crippen LogP contribution in [0.3, 0.4) is 0 Å². The second kappa shape index (κ2) is 6.87. The number of hydrogen-bond acceptors (Lipinski definition) is 3. The average Bonchev–Trinajstić information content (AvgIpc) is 2.89. The average molecular weight is 281 g/mol. The Morgan fingerprint density at radius 1 is 1.44 bits per heavy atom. The summed E-state index contributed by atoms with van der Waals surface area (Å²) in [7, 11) is 0. The van der Waals surface area contributed by atoms with Gasteiger partial charge in [0.1, 0.15) is 0 Å². The zero-order chi connectivity index (χ0) is 12.8. The maximum absolute atomic E-state index is 5.34. The van der Waals surface area contributed by atoms with E-state index in [1.54, 1.807) is 0 Å². The molecule has 18 heavy (non-hydrogen) atoms. The molecule has 0 radical (unpaired) electrons. The highest BCUT2D eigenvalue weighted by atomic mass is 32.1. The molecular weight excluding hydrogens is 262 g/mol. The summed E-state index contributed by atoms with van der Waals surface area (Å²) < 4.78 is 0. The van der Waals surface area contributed by atoms with Crippen LogP contribution in [0.5, 0.6) is 0 Å². The summed E-state index contributed by atoms with van der Waals surface area (Å²) in [4.78, 5) is 6.16. The van der Waals surface area contributed by atoms with E-state index < -0.39 is 0 Å². The zero-order valence-electron chi connectivity index (χ0n) is 10.5. The molecular formula is C13H19N3S2. The molecule has 0 aromatic carbocycles. The molecule has 0 atom stereocenters. The molecule has 1 N–H and O–H groups in total. The lowest BCUT2D eigenvalue weighted by atomic mass is 10.3. The summed E-state index contributed by atoms with van der Waals surface area (Å²) in [6.07, 6.45) is 1.83. The van der Waals surface area contributed by atoms with Gasteiger partial charge in [-0.25, -0.2) is 0 Å². The van der Waals surface area contributed by atoms with Crippen molar-refractivity contribution < 1.29 is 0 Å². The van der Waals surface area contributed by atoms with Gasteiger partial charge < -0.3 is 10.2 Å². The van der Waals surface area contributed by atoms with Gasteiger partial charge in [0.2, 0.25) is 0 Å². The third-order valence-corrected chi connectivity index (χ3v) is 4.28. The molecule has 0 bridgehead atoms. The standard InChI is InChI=1S/C13H19N3S2/c1-2-5-14-13(17)16-8-6-15(7-9-16)11-12-4-3-10-18-12/h2-4,10H,1,5-9,11H2,(H,14,17). The molecule has 0 saturated carbocycles. The Bertz CT molecular complexity index is 381. The van der Waals surface area contributed by atoms with Crippen molar-refractivity contribution >= 4 is 28.7 Å². The van der Waals surface area contributed by atoms with Gasteiger partial charge in [-0.15, -0.1) is 17.9 Å². The Kier molecular flexibility index (Phi) is 5.16. The van der Waals surface area contributed by atoms with Gasteiger partial charge in [-0.1, -0.05) is 12.1 Å². The van der Waals surface area contributed by atoms with Crippen molar-refractivity contribution in [2.45, 2.75) is 6.54 Å². The van der Waals surface area contributed by atoms with Crippen LogP contribution in [0.1, 0.15) is 4.88 Å². The third kappa shape index (κ3) is 3.80. The van der Waals surface area contributed by atoms with Crippen molar-refractivity contribution in [1.29, 1.82) is 0 Å². The highest BCUT2D eigenvalue weighted by Crippen LogP contribution is 2.13. The SMILES string of the molecule is C=CCNC(=S)N1CCN(Cc2cccs2)CC1. The Hall–Kier alpha value is -0.910. The zero-order valence-corrected chi connectivity index (χ0v) is 12.1. The summed E-state index contributed by atoms with van der Waals surface area (Å²) >= 11 is 7.17. The molecule has 5 heteroatoms. The van der Waals surface area contributed by atoms with Gasteiger partial charge in [0.25, 0.3) is 0 Å². The van der Waals surface area contributed by atoms with Crippen molar-refractivity contribution in [3.63, 3.8) is 0 Å². The Balaban J connectivity index is 1.74. The van der Waals surface area contributed by atoms with E-state index in [4.69, 9.17) is 12.2 Å². The molecule has 0 spiro atoms. The molecule has 1 aliphatic rings. The van der Waals surface area contributed by atoms with Crippen LogP contribution in [0, 0.1) is 0 Å². The van der Waals surface area contributed by atoms with E-state index in [-0.39, 0.29) is 0 Å². The highest BCUT2D eigenvalue weighted by molar-refractivity contribution is 7.80. The van der Waals surface area contributed by atoms with Crippen LogP contribution in [0.2, 0.25) is 0 Å². The van der Waals surface area contributed by atoms with E-state index in [0.29, 0.717) is 0 Å². The number of piperazine rings is 1. The lowest BCUT2D eigenvalue weighted by Crippen LogP contribution is -2.51. The lowest BCUT2D eigenvalue weighted by molar-refractivity contribution is 0.176. The number of thiophene rings is 1. The fraction of sp³-hybridized carbons (Fsp3) is 0.462. The van der Waals surface area contributed by atoms with E-state index in [2.05, 4.69) is 39.2 Å². The Labute approximate surface area is 118 Å². The molecule has 1 saturated heterocycles. The molecule has 3 nitrogen and oxygen atoms in total. The van der Waals surface area contributed by atoms with Crippen LogP contribution in [0.15, 0.2) is 30.2 Å². The van der Waals surface area contributed by atoms with Crippen LogP contribution >= 0.6 is 23.6 Å². The summed E-state index contributed by atoms with van der Waals surface area (Å²) in [5.41, 5.74) is 0. The molecule has 0 unspecified atom stereocenters. The normalized spacial score (nSPS) is 16.6. The largest absolute Gasteiger partial charge is 0.359 e. The predicted molar refractivity (Wildman–Crippen MR) is 82.0 cm³/mol. The van der Waals surface area contributed by atoms with Gasteiger partial charge in [0.05, 0.1) is 0 Å². The van der Waals surface area contributed by atoms with Crippen molar-refractivity contribution in [2.75, 3.05) is 32.7 Å². The molecule has 0 aliphatic carbocycles. The molecule has 1 fully saturated rings. The highest BCUT2D eigenvalue weighted by Gasteiger charge is 2.18. The quantitative estimate of drug-likeness (QED) is 0.671. The maximum Gasteiger partial charge on any atom is 0.169 e. The minimum atomic E-state index is 0.744. The number of nitrogens with one attached hydrogen (secondary N) is 1. The first kappa shape index (κ1) is 13.5. The van der Waals surface area contributed by atoms with Crippen LogP contribution < -0.4 is 5.32 Å². The van der Waals surface area contributed by atoms with Gasteiger partial charge >= 0.3 is 0 Å². The van der Waals surface area contributed by atoms with Crippen molar-refractivity contribution in [3.8, 4) is 0 Å². The molecule has 1 aromatic rings. The molecule has 1 aliphatic heterocycles. The Morgan fingerprint density at radius 3 is 2.83 bits per heavy atom. The minimum Gasteiger partial charge on any atom is -0.359 e.